The number of para-hydroxylation sites is 1. The number of hydrogen-bond donors (Lipinski definition) is 3. The fraction of sp³-hybridized carbons (Fsp3) is 0.174. The Morgan fingerprint density at radius 1 is 1.11 bits per heavy atom. The normalized spacial score (nSPS) is 14.2. The predicted molar refractivity (Wildman–Crippen MR) is 119 cm³/mol. The first kappa shape index (κ1) is 17.2. The van der Waals surface area contributed by atoms with Crippen molar-refractivity contribution in [3.63, 3.8) is 0 Å². The number of fused-ring (bicyclic) bond motifs is 1. The molecule has 1 aliphatic rings. The standard InChI is InChI=1S/C23H22N4S/c1-2-4-18(5-3-1)25-13-19-15-28-23(27-19)17-6-7-22-20(12-17)21(14-26-22)16-8-10-24-11-9-16/h1-8,12,14-15,24-26H,9-11,13H2. The fourth-order valence-electron chi connectivity index (χ4n) is 3.66. The number of H-pyrrole nitrogens is 1. The Kier molecular flexibility index (Phi) is 4.69. The van der Waals surface area contributed by atoms with E-state index in [1.54, 1.807) is 11.3 Å². The van der Waals surface area contributed by atoms with Crippen molar-refractivity contribution >= 4 is 33.5 Å². The number of anilines is 1. The molecule has 140 valence electrons. The zero-order valence-electron chi connectivity index (χ0n) is 15.5. The van der Waals surface area contributed by atoms with Crippen molar-refractivity contribution in [1.82, 2.24) is 15.3 Å². The van der Waals surface area contributed by atoms with Crippen LogP contribution in [0, 0.1) is 0 Å². The van der Waals surface area contributed by atoms with Crippen LogP contribution in [-0.2, 0) is 6.54 Å². The fourth-order valence-corrected chi connectivity index (χ4v) is 4.47. The second-order valence-corrected chi connectivity index (χ2v) is 7.87. The summed E-state index contributed by atoms with van der Waals surface area (Å²) >= 11 is 1.70. The van der Waals surface area contributed by atoms with E-state index in [4.69, 9.17) is 4.98 Å². The number of aromatic nitrogens is 2. The summed E-state index contributed by atoms with van der Waals surface area (Å²) in [5, 5.41) is 11.3. The molecule has 0 amide bonds. The van der Waals surface area contributed by atoms with Crippen molar-refractivity contribution in [3.8, 4) is 10.6 Å². The number of benzene rings is 2. The Balaban J connectivity index is 1.40. The van der Waals surface area contributed by atoms with Gasteiger partial charge in [0.05, 0.1) is 12.2 Å². The zero-order valence-corrected chi connectivity index (χ0v) is 16.4. The average Bonchev–Trinajstić information content (AvgIpc) is 3.40. The van der Waals surface area contributed by atoms with Gasteiger partial charge in [0.15, 0.2) is 0 Å². The maximum absolute atomic E-state index is 4.85. The van der Waals surface area contributed by atoms with Crippen LogP contribution in [0.4, 0.5) is 5.69 Å². The Morgan fingerprint density at radius 2 is 2.04 bits per heavy atom. The summed E-state index contributed by atoms with van der Waals surface area (Å²) in [6.45, 7) is 2.73. The van der Waals surface area contributed by atoms with Gasteiger partial charge in [-0.15, -0.1) is 11.3 Å². The summed E-state index contributed by atoms with van der Waals surface area (Å²) < 4.78 is 0. The van der Waals surface area contributed by atoms with Crippen LogP contribution in [0.15, 0.2) is 66.2 Å². The third-order valence-electron chi connectivity index (χ3n) is 5.14. The molecule has 0 aliphatic carbocycles. The third kappa shape index (κ3) is 3.46. The molecule has 5 rings (SSSR count). The summed E-state index contributed by atoms with van der Waals surface area (Å²) in [4.78, 5) is 8.27. The van der Waals surface area contributed by atoms with Gasteiger partial charge in [-0.1, -0.05) is 24.3 Å². The minimum absolute atomic E-state index is 0.734. The van der Waals surface area contributed by atoms with Crippen LogP contribution >= 0.6 is 11.3 Å². The third-order valence-corrected chi connectivity index (χ3v) is 6.08. The van der Waals surface area contributed by atoms with Crippen molar-refractivity contribution in [1.29, 1.82) is 0 Å². The summed E-state index contributed by atoms with van der Waals surface area (Å²) in [6, 6.07) is 16.8. The van der Waals surface area contributed by atoms with E-state index in [0.29, 0.717) is 0 Å². The van der Waals surface area contributed by atoms with Crippen LogP contribution < -0.4 is 10.6 Å². The Labute approximate surface area is 168 Å². The van der Waals surface area contributed by atoms with Gasteiger partial charge in [-0.3, -0.25) is 0 Å². The largest absolute Gasteiger partial charge is 0.379 e. The van der Waals surface area contributed by atoms with Gasteiger partial charge in [0, 0.05) is 45.8 Å². The highest BCUT2D eigenvalue weighted by Crippen LogP contribution is 2.32. The summed E-state index contributed by atoms with van der Waals surface area (Å²) in [5.74, 6) is 0. The van der Waals surface area contributed by atoms with E-state index in [-0.39, 0.29) is 0 Å². The molecular formula is C23H22N4S. The lowest BCUT2D eigenvalue weighted by Gasteiger charge is -2.13. The minimum Gasteiger partial charge on any atom is -0.379 e. The molecule has 5 heteroatoms. The van der Waals surface area contributed by atoms with E-state index in [1.807, 2.05) is 18.2 Å². The molecule has 0 radical (unpaired) electrons. The molecule has 0 unspecified atom stereocenters. The van der Waals surface area contributed by atoms with Crippen LogP contribution in [0.1, 0.15) is 17.7 Å². The average molecular weight is 387 g/mol. The molecule has 0 saturated carbocycles. The van der Waals surface area contributed by atoms with Gasteiger partial charge in [0.1, 0.15) is 5.01 Å². The molecule has 1 aliphatic heterocycles. The van der Waals surface area contributed by atoms with Gasteiger partial charge in [-0.05, 0) is 48.9 Å². The van der Waals surface area contributed by atoms with E-state index < -0.39 is 0 Å². The van der Waals surface area contributed by atoms with Crippen LogP contribution in [0.3, 0.4) is 0 Å². The van der Waals surface area contributed by atoms with Gasteiger partial charge in [0.2, 0.25) is 0 Å². The molecule has 0 spiro atoms. The lowest BCUT2D eigenvalue weighted by Crippen LogP contribution is -2.19. The van der Waals surface area contributed by atoms with Gasteiger partial charge in [-0.25, -0.2) is 4.98 Å². The van der Waals surface area contributed by atoms with Gasteiger partial charge in [0.25, 0.3) is 0 Å². The molecule has 4 aromatic rings. The molecule has 0 atom stereocenters. The lowest BCUT2D eigenvalue weighted by atomic mass is 9.99. The molecule has 0 saturated heterocycles. The minimum atomic E-state index is 0.734. The highest BCUT2D eigenvalue weighted by atomic mass is 32.1. The number of nitrogens with zero attached hydrogens (tertiary/aromatic N) is 1. The van der Waals surface area contributed by atoms with E-state index in [1.165, 1.54) is 27.6 Å². The second kappa shape index (κ2) is 7.62. The summed E-state index contributed by atoms with van der Waals surface area (Å²) in [5.41, 5.74) is 7.29. The topological polar surface area (TPSA) is 52.7 Å². The SMILES string of the molecule is C1=C(c2c[nH]c3ccc(-c4nc(CNc5ccccc5)cs4)cc23)CCNC1. The highest BCUT2D eigenvalue weighted by molar-refractivity contribution is 7.13. The molecule has 3 N–H and O–H groups in total. The number of thiazole rings is 1. The van der Waals surface area contributed by atoms with Crippen LogP contribution in [-0.4, -0.2) is 23.1 Å². The Morgan fingerprint density at radius 3 is 2.89 bits per heavy atom. The molecule has 28 heavy (non-hydrogen) atoms. The maximum Gasteiger partial charge on any atom is 0.123 e. The Bertz CT molecular complexity index is 1120. The molecule has 0 bridgehead atoms. The predicted octanol–water partition coefficient (Wildman–Crippen LogP) is 5.28. The number of nitrogens with one attached hydrogen (secondary N) is 3. The van der Waals surface area contributed by atoms with Crippen molar-refractivity contribution in [3.05, 3.63) is 77.4 Å². The zero-order chi connectivity index (χ0) is 18.8. The van der Waals surface area contributed by atoms with Crippen LogP contribution in [0.25, 0.3) is 27.0 Å². The van der Waals surface area contributed by atoms with Crippen molar-refractivity contribution in [2.75, 3.05) is 18.4 Å². The Hall–Kier alpha value is -2.89. The smallest absolute Gasteiger partial charge is 0.123 e. The van der Waals surface area contributed by atoms with Crippen molar-refractivity contribution < 1.29 is 0 Å². The molecule has 2 aromatic heterocycles. The molecule has 0 fully saturated rings. The first-order chi connectivity index (χ1) is 13.9. The molecule has 2 aromatic carbocycles. The van der Waals surface area contributed by atoms with E-state index in [0.717, 1.165) is 42.4 Å². The van der Waals surface area contributed by atoms with Crippen LogP contribution in [0.2, 0.25) is 0 Å². The molecular weight excluding hydrogens is 364 g/mol. The van der Waals surface area contributed by atoms with Gasteiger partial charge in [-0.2, -0.15) is 0 Å². The number of hydrogen-bond acceptors (Lipinski definition) is 4. The van der Waals surface area contributed by atoms with Crippen LogP contribution in [0.5, 0.6) is 0 Å². The van der Waals surface area contributed by atoms with Crippen molar-refractivity contribution in [2.24, 2.45) is 0 Å². The lowest BCUT2D eigenvalue weighted by molar-refractivity contribution is 0.739. The maximum atomic E-state index is 4.85. The first-order valence-electron chi connectivity index (χ1n) is 9.62. The quantitative estimate of drug-likeness (QED) is 0.437. The summed E-state index contributed by atoms with van der Waals surface area (Å²) in [6.07, 6.45) is 5.52. The first-order valence-corrected chi connectivity index (χ1v) is 10.5. The number of rotatable bonds is 5. The highest BCUT2D eigenvalue weighted by Gasteiger charge is 2.13. The van der Waals surface area contributed by atoms with Gasteiger partial charge < -0.3 is 15.6 Å². The van der Waals surface area contributed by atoms with E-state index >= 15 is 0 Å². The van der Waals surface area contributed by atoms with E-state index in [2.05, 4.69) is 63.6 Å². The molecule has 4 nitrogen and oxygen atoms in total. The second-order valence-electron chi connectivity index (χ2n) is 7.01. The summed E-state index contributed by atoms with van der Waals surface area (Å²) in [7, 11) is 0. The number of aromatic amines is 1. The van der Waals surface area contributed by atoms with E-state index in [9.17, 15) is 0 Å². The van der Waals surface area contributed by atoms with Crippen molar-refractivity contribution in [2.45, 2.75) is 13.0 Å². The van der Waals surface area contributed by atoms with Gasteiger partial charge >= 0.3 is 0 Å². The molecule has 3 heterocycles. The monoisotopic (exact) mass is 386 g/mol.